The zero-order valence-electron chi connectivity index (χ0n) is 9.90. The molecular weight excluding hydrogens is 235 g/mol. The lowest BCUT2D eigenvalue weighted by atomic mass is 10.2. The number of nitrogens with zero attached hydrogens (tertiary/aromatic N) is 1. The maximum absolute atomic E-state index is 13.4. The van der Waals surface area contributed by atoms with Crippen LogP contribution in [0.2, 0.25) is 0 Å². The van der Waals surface area contributed by atoms with Crippen molar-refractivity contribution >= 4 is 11.3 Å². The second kappa shape index (κ2) is 5.38. The Morgan fingerprint density at radius 2 is 2.18 bits per heavy atom. The van der Waals surface area contributed by atoms with Crippen LogP contribution in [0.3, 0.4) is 0 Å². The van der Waals surface area contributed by atoms with E-state index in [2.05, 4.69) is 10.3 Å². The number of aryl methyl sites for hydroxylation is 1. The van der Waals surface area contributed by atoms with Gasteiger partial charge in [-0.3, -0.25) is 0 Å². The topological polar surface area (TPSA) is 24.9 Å². The lowest BCUT2D eigenvalue weighted by Gasteiger charge is -2.11. The SMILES string of the molecule is Cc1csc(C(C)NCc2ccccc2F)n1. The molecule has 2 nitrogen and oxygen atoms in total. The number of benzene rings is 1. The number of thiazole rings is 1. The van der Waals surface area contributed by atoms with Crippen LogP contribution in [0.5, 0.6) is 0 Å². The van der Waals surface area contributed by atoms with Crippen LogP contribution in [0.4, 0.5) is 4.39 Å². The van der Waals surface area contributed by atoms with Crippen LogP contribution in [0.1, 0.15) is 29.2 Å². The Balaban J connectivity index is 1.97. The van der Waals surface area contributed by atoms with Crippen molar-refractivity contribution in [2.24, 2.45) is 0 Å². The molecule has 90 valence electrons. The van der Waals surface area contributed by atoms with Gasteiger partial charge in [-0.1, -0.05) is 18.2 Å². The van der Waals surface area contributed by atoms with Crippen molar-refractivity contribution in [3.63, 3.8) is 0 Å². The van der Waals surface area contributed by atoms with Gasteiger partial charge in [0.15, 0.2) is 0 Å². The number of hydrogen-bond acceptors (Lipinski definition) is 3. The van der Waals surface area contributed by atoms with E-state index >= 15 is 0 Å². The fourth-order valence-electron chi connectivity index (χ4n) is 1.56. The third-order valence-electron chi connectivity index (χ3n) is 2.56. The Kier molecular flexibility index (Phi) is 3.86. The first-order valence-corrected chi connectivity index (χ1v) is 6.43. The third-order valence-corrected chi connectivity index (χ3v) is 3.71. The molecule has 0 radical (unpaired) electrons. The second-order valence-corrected chi connectivity index (χ2v) is 4.91. The molecule has 1 atom stereocenters. The van der Waals surface area contributed by atoms with Gasteiger partial charge in [0.1, 0.15) is 10.8 Å². The van der Waals surface area contributed by atoms with Crippen molar-refractivity contribution in [3.05, 3.63) is 51.7 Å². The Morgan fingerprint density at radius 1 is 1.41 bits per heavy atom. The van der Waals surface area contributed by atoms with Gasteiger partial charge in [-0.25, -0.2) is 9.37 Å². The third kappa shape index (κ3) is 3.11. The van der Waals surface area contributed by atoms with Crippen molar-refractivity contribution in [3.8, 4) is 0 Å². The van der Waals surface area contributed by atoms with Gasteiger partial charge < -0.3 is 5.32 Å². The van der Waals surface area contributed by atoms with E-state index in [9.17, 15) is 4.39 Å². The monoisotopic (exact) mass is 250 g/mol. The van der Waals surface area contributed by atoms with Gasteiger partial charge in [-0.2, -0.15) is 0 Å². The molecule has 0 spiro atoms. The predicted molar refractivity (Wildman–Crippen MR) is 68.5 cm³/mol. The zero-order chi connectivity index (χ0) is 12.3. The number of halogens is 1. The maximum Gasteiger partial charge on any atom is 0.127 e. The van der Waals surface area contributed by atoms with Crippen molar-refractivity contribution < 1.29 is 4.39 Å². The molecule has 0 aliphatic heterocycles. The van der Waals surface area contributed by atoms with Gasteiger partial charge in [0.25, 0.3) is 0 Å². The molecule has 2 aromatic rings. The molecule has 17 heavy (non-hydrogen) atoms. The molecule has 1 aromatic carbocycles. The number of hydrogen-bond donors (Lipinski definition) is 1. The van der Waals surface area contributed by atoms with E-state index in [-0.39, 0.29) is 11.9 Å². The van der Waals surface area contributed by atoms with Crippen LogP contribution < -0.4 is 5.32 Å². The standard InChI is InChI=1S/C13H15FN2S/c1-9-8-17-13(16-9)10(2)15-7-11-5-3-4-6-12(11)14/h3-6,8,10,15H,7H2,1-2H3. The van der Waals surface area contributed by atoms with Gasteiger partial charge in [-0.15, -0.1) is 11.3 Å². The summed E-state index contributed by atoms with van der Waals surface area (Å²) in [5, 5.41) is 6.34. The van der Waals surface area contributed by atoms with Crippen LogP contribution in [-0.2, 0) is 6.54 Å². The van der Waals surface area contributed by atoms with Gasteiger partial charge in [0.2, 0.25) is 0 Å². The highest BCUT2D eigenvalue weighted by atomic mass is 32.1. The summed E-state index contributed by atoms with van der Waals surface area (Å²) < 4.78 is 13.4. The average Bonchev–Trinajstić information content (AvgIpc) is 2.74. The number of rotatable bonds is 4. The summed E-state index contributed by atoms with van der Waals surface area (Å²) in [4.78, 5) is 4.41. The minimum Gasteiger partial charge on any atom is -0.304 e. The summed E-state index contributed by atoms with van der Waals surface area (Å²) in [6.45, 7) is 4.54. The van der Waals surface area contributed by atoms with Crippen molar-refractivity contribution in [2.45, 2.75) is 26.4 Å². The van der Waals surface area contributed by atoms with E-state index in [1.165, 1.54) is 6.07 Å². The summed E-state index contributed by atoms with van der Waals surface area (Å²) in [6, 6.07) is 6.97. The zero-order valence-corrected chi connectivity index (χ0v) is 10.7. The fourth-order valence-corrected chi connectivity index (χ4v) is 2.39. The molecule has 1 aromatic heterocycles. The van der Waals surface area contributed by atoms with Gasteiger partial charge in [-0.05, 0) is 19.9 Å². The molecule has 0 saturated heterocycles. The van der Waals surface area contributed by atoms with E-state index in [1.807, 2.05) is 25.3 Å². The summed E-state index contributed by atoms with van der Waals surface area (Å²) in [6.07, 6.45) is 0. The Bertz CT molecular complexity index is 496. The van der Waals surface area contributed by atoms with Crippen molar-refractivity contribution in [1.82, 2.24) is 10.3 Å². The molecule has 2 rings (SSSR count). The molecule has 0 saturated carbocycles. The first-order chi connectivity index (χ1) is 8.16. The molecule has 0 aliphatic rings. The molecule has 0 amide bonds. The predicted octanol–water partition coefficient (Wildman–Crippen LogP) is 3.44. The van der Waals surface area contributed by atoms with Crippen LogP contribution in [-0.4, -0.2) is 4.98 Å². The average molecular weight is 250 g/mol. The Labute approximate surface area is 105 Å². The van der Waals surface area contributed by atoms with E-state index < -0.39 is 0 Å². The summed E-state index contributed by atoms with van der Waals surface area (Å²) in [5.74, 6) is -0.164. The molecule has 1 N–H and O–H groups in total. The van der Waals surface area contributed by atoms with E-state index in [0.29, 0.717) is 12.1 Å². The first kappa shape index (κ1) is 12.2. The molecule has 0 bridgehead atoms. The lowest BCUT2D eigenvalue weighted by Crippen LogP contribution is -2.18. The van der Waals surface area contributed by atoms with E-state index in [1.54, 1.807) is 23.5 Å². The minimum atomic E-state index is -0.164. The van der Waals surface area contributed by atoms with Crippen LogP contribution in [0.15, 0.2) is 29.6 Å². The van der Waals surface area contributed by atoms with Gasteiger partial charge in [0, 0.05) is 23.2 Å². The second-order valence-electron chi connectivity index (χ2n) is 4.02. The molecule has 1 heterocycles. The normalized spacial score (nSPS) is 12.6. The van der Waals surface area contributed by atoms with Crippen LogP contribution in [0.25, 0.3) is 0 Å². The van der Waals surface area contributed by atoms with Crippen molar-refractivity contribution in [2.75, 3.05) is 0 Å². The fraction of sp³-hybridized carbons (Fsp3) is 0.308. The van der Waals surface area contributed by atoms with Gasteiger partial charge in [0.05, 0.1) is 6.04 Å². The summed E-state index contributed by atoms with van der Waals surface area (Å²) in [7, 11) is 0. The van der Waals surface area contributed by atoms with E-state index in [4.69, 9.17) is 0 Å². The van der Waals surface area contributed by atoms with Crippen LogP contribution >= 0.6 is 11.3 Å². The quantitative estimate of drug-likeness (QED) is 0.899. The largest absolute Gasteiger partial charge is 0.304 e. The summed E-state index contributed by atoms with van der Waals surface area (Å²) >= 11 is 1.63. The Morgan fingerprint density at radius 3 is 2.82 bits per heavy atom. The van der Waals surface area contributed by atoms with Crippen molar-refractivity contribution in [1.29, 1.82) is 0 Å². The number of aromatic nitrogens is 1. The van der Waals surface area contributed by atoms with Gasteiger partial charge >= 0.3 is 0 Å². The smallest absolute Gasteiger partial charge is 0.127 e. The van der Waals surface area contributed by atoms with Crippen LogP contribution in [0, 0.1) is 12.7 Å². The molecule has 1 unspecified atom stereocenters. The van der Waals surface area contributed by atoms with E-state index in [0.717, 1.165) is 10.7 Å². The number of nitrogens with one attached hydrogen (secondary N) is 1. The summed E-state index contributed by atoms with van der Waals surface area (Å²) in [5.41, 5.74) is 1.72. The lowest BCUT2D eigenvalue weighted by molar-refractivity contribution is 0.542. The Hall–Kier alpha value is -1.26. The molecule has 0 aliphatic carbocycles. The molecule has 0 fully saturated rings. The highest BCUT2D eigenvalue weighted by Crippen LogP contribution is 2.18. The molecule has 4 heteroatoms. The highest BCUT2D eigenvalue weighted by Gasteiger charge is 2.09. The highest BCUT2D eigenvalue weighted by molar-refractivity contribution is 7.09. The maximum atomic E-state index is 13.4. The first-order valence-electron chi connectivity index (χ1n) is 5.55. The molecular formula is C13H15FN2S. The minimum absolute atomic E-state index is 0.147.